The SMILES string of the molecule is COC(=O)CNC(=O)Nc1nc2c(s1)C1COCC(C2)N1c1nc(-c2cccc(C(=O)C3CC3)c2)no1. The molecular formula is C24H24N6O6S. The summed E-state index contributed by atoms with van der Waals surface area (Å²) in [5.74, 6) is 0.166. The Kier molecular flexibility index (Phi) is 6.08. The summed E-state index contributed by atoms with van der Waals surface area (Å²) in [4.78, 5) is 48.2. The lowest BCUT2D eigenvalue weighted by Gasteiger charge is -2.43. The van der Waals surface area contributed by atoms with Crippen molar-refractivity contribution in [3.8, 4) is 11.4 Å². The molecule has 2 fully saturated rings. The Labute approximate surface area is 215 Å². The van der Waals surface area contributed by atoms with Crippen molar-refractivity contribution < 1.29 is 28.4 Å². The average molecular weight is 525 g/mol. The number of nitrogens with zero attached hydrogens (tertiary/aromatic N) is 4. The monoisotopic (exact) mass is 524 g/mol. The van der Waals surface area contributed by atoms with Gasteiger partial charge in [0, 0.05) is 23.5 Å². The molecule has 2 amide bonds. The van der Waals surface area contributed by atoms with Crippen LogP contribution in [0.2, 0.25) is 0 Å². The molecule has 0 spiro atoms. The Morgan fingerprint density at radius 2 is 2.08 bits per heavy atom. The summed E-state index contributed by atoms with van der Waals surface area (Å²) in [6, 6.07) is 6.90. The summed E-state index contributed by atoms with van der Waals surface area (Å²) >= 11 is 1.34. The number of carbonyl (C=O) groups excluding carboxylic acids is 3. The van der Waals surface area contributed by atoms with Crippen molar-refractivity contribution >= 4 is 40.3 Å². The number of hydrogen-bond donors (Lipinski definition) is 2. The number of thiazole rings is 1. The number of Topliss-reactive ketones (excluding diaryl/α,β-unsaturated/α-hetero) is 1. The largest absolute Gasteiger partial charge is 0.468 e. The van der Waals surface area contributed by atoms with E-state index in [2.05, 4.69) is 35.4 Å². The molecule has 37 heavy (non-hydrogen) atoms. The van der Waals surface area contributed by atoms with Gasteiger partial charge in [0.1, 0.15) is 6.54 Å². The number of rotatable bonds is 7. The van der Waals surface area contributed by atoms with Gasteiger partial charge in [0.25, 0.3) is 0 Å². The van der Waals surface area contributed by atoms with E-state index in [-0.39, 0.29) is 30.3 Å². The third-order valence-electron chi connectivity index (χ3n) is 6.61. The number of amides is 2. The first-order chi connectivity index (χ1) is 18.0. The van der Waals surface area contributed by atoms with Crippen molar-refractivity contribution in [1.29, 1.82) is 0 Å². The maximum atomic E-state index is 12.5. The fourth-order valence-corrected chi connectivity index (χ4v) is 5.69. The van der Waals surface area contributed by atoms with Gasteiger partial charge in [0.05, 0.1) is 43.0 Å². The maximum absolute atomic E-state index is 12.5. The van der Waals surface area contributed by atoms with E-state index in [0.717, 1.165) is 29.0 Å². The van der Waals surface area contributed by atoms with Crippen LogP contribution in [0.4, 0.5) is 15.9 Å². The highest BCUT2D eigenvalue weighted by molar-refractivity contribution is 7.16. The topological polar surface area (TPSA) is 149 Å². The zero-order valence-corrected chi connectivity index (χ0v) is 20.7. The highest BCUT2D eigenvalue weighted by Crippen LogP contribution is 2.43. The van der Waals surface area contributed by atoms with Crippen LogP contribution < -0.4 is 15.5 Å². The molecule has 0 radical (unpaired) electrons. The van der Waals surface area contributed by atoms with Crippen molar-refractivity contribution in [1.82, 2.24) is 20.4 Å². The van der Waals surface area contributed by atoms with Gasteiger partial charge in [0.15, 0.2) is 10.9 Å². The molecular weight excluding hydrogens is 500 g/mol. The molecule has 6 rings (SSSR count). The number of carbonyl (C=O) groups is 3. The van der Waals surface area contributed by atoms with Crippen molar-refractivity contribution in [3.63, 3.8) is 0 Å². The number of methoxy groups -OCH3 is 1. The van der Waals surface area contributed by atoms with E-state index in [1.165, 1.54) is 18.4 Å². The van der Waals surface area contributed by atoms with Gasteiger partial charge < -0.3 is 24.2 Å². The normalized spacial score (nSPS) is 20.2. The summed E-state index contributed by atoms with van der Waals surface area (Å²) < 4.78 is 16.1. The smallest absolute Gasteiger partial charge is 0.325 e. The molecule has 13 heteroatoms. The molecule has 2 bridgehead atoms. The fourth-order valence-electron chi connectivity index (χ4n) is 4.62. The van der Waals surface area contributed by atoms with E-state index in [1.807, 2.05) is 24.3 Å². The Balaban J connectivity index is 1.21. The predicted molar refractivity (Wildman–Crippen MR) is 131 cm³/mol. The number of anilines is 2. The number of hydrogen-bond acceptors (Lipinski definition) is 11. The highest BCUT2D eigenvalue weighted by Gasteiger charge is 2.43. The molecule has 1 saturated carbocycles. The molecule has 2 aliphatic heterocycles. The first kappa shape index (κ1) is 23.6. The van der Waals surface area contributed by atoms with Crippen LogP contribution in [-0.4, -0.2) is 65.8 Å². The van der Waals surface area contributed by atoms with E-state index in [0.29, 0.717) is 42.2 Å². The quantitative estimate of drug-likeness (QED) is 0.349. The van der Waals surface area contributed by atoms with Gasteiger partial charge in [-0.2, -0.15) is 4.98 Å². The molecule has 3 aromatic rings. The number of aromatic nitrogens is 3. The van der Waals surface area contributed by atoms with E-state index in [4.69, 9.17) is 9.26 Å². The van der Waals surface area contributed by atoms with Crippen LogP contribution in [0.5, 0.6) is 0 Å². The zero-order chi connectivity index (χ0) is 25.5. The molecule has 2 unspecified atom stereocenters. The van der Waals surface area contributed by atoms with Crippen LogP contribution >= 0.6 is 11.3 Å². The highest BCUT2D eigenvalue weighted by atomic mass is 32.1. The van der Waals surface area contributed by atoms with E-state index < -0.39 is 12.0 Å². The summed E-state index contributed by atoms with van der Waals surface area (Å²) in [5.41, 5.74) is 2.27. The average Bonchev–Trinajstić information content (AvgIpc) is 3.51. The third-order valence-corrected chi connectivity index (χ3v) is 7.72. The summed E-state index contributed by atoms with van der Waals surface area (Å²) in [5, 5.41) is 9.73. The molecule has 4 heterocycles. The second kappa shape index (κ2) is 9.56. The first-order valence-electron chi connectivity index (χ1n) is 12.0. The minimum absolute atomic E-state index is 0.0644. The third kappa shape index (κ3) is 4.67. The van der Waals surface area contributed by atoms with Gasteiger partial charge in [-0.25, -0.2) is 9.78 Å². The van der Waals surface area contributed by atoms with Crippen molar-refractivity contribution in [2.45, 2.75) is 31.3 Å². The van der Waals surface area contributed by atoms with Gasteiger partial charge in [0.2, 0.25) is 5.82 Å². The number of nitrogens with one attached hydrogen (secondary N) is 2. The van der Waals surface area contributed by atoms with E-state index in [9.17, 15) is 14.4 Å². The molecule has 3 aliphatic rings. The molecule has 2 aromatic heterocycles. The second-order valence-electron chi connectivity index (χ2n) is 9.15. The fraction of sp³-hybridized carbons (Fsp3) is 0.417. The van der Waals surface area contributed by atoms with Gasteiger partial charge in [-0.1, -0.05) is 34.7 Å². The number of ether oxygens (including phenoxy) is 2. The van der Waals surface area contributed by atoms with Crippen LogP contribution in [0, 0.1) is 5.92 Å². The van der Waals surface area contributed by atoms with Crippen LogP contribution in [0.15, 0.2) is 28.8 Å². The van der Waals surface area contributed by atoms with Gasteiger partial charge in [-0.3, -0.25) is 14.9 Å². The van der Waals surface area contributed by atoms with Gasteiger partial charge >= 0.3 is 18.0 Å². The number of esters is 1. The summed E-state index contributed by atoms with van der Waals surface area (Å²) in [6.07, 6.45) is 2.48. The summed E-state index contributed by atoms with van der Waals surface area (Å²) in [7, 11) is 1.25. The van der Waals surface area contributed by atoms with Crippen molar-refractivity contribution in [2.75, 3.05) is 37.1 Å². The number of ketones is 1. The van der Waals surface area contributed by atoms with Crippen molar-refractivity contribution in [2.24, 2.45) is 5.92 Å². The molecule has 1 saturated heterocycles. The summed E-state index contributed by atoms with van der Waals surface area (Å²) in [6.45, 7) is 0.637. The lowest BCUT2D eigenvalue weighted by molar-refractivity contribution is -0.139. The maximum Gasteiger partial charge on any atom is 0.325 e. The minimum atomic E-state index is -0.546. The lowest BCUT2D eigenvalue weighted by atomic mass is 9.97. The van der Waals surface area contributed by atoms with E-state index >= 15 is 0 Å². The molecule has 1 aromatic carbocycles. The number of fused-ring (bicyclic) bond motifs is 4. The Hall–Kier alpha value is -3.84. The van der Waals surface area contributed by atoms with Crippen LogP contribution in [-0.2, 0) is 20.7 Å². The lowest BCUT2D eigenvalue weighted by Crippen LogP contribution is -2.51. The number of benzene rings is 1. The number of morpholine rings is 1. The minimum Gasteiger partial charge on any atom is -0.468 e. The van der Waals surface area contributed by atoms with Crippen molar-refractivity contribution in [3.05, 3.63) is 40.4 Å². The van der Waals surface area contributed by atoms with Crippen LogP contribution in [0.1, 0.15) is 39.8 Å². The Morgan fingerprint density at radius 3 is 2.89 bits per heavy atom. The second-order valence-corrected chi connectivity index (χ2v) is 10.2. The van der Waals surface area contributed by atoms with E-state index in [1.54, 1.807) is 0 Å². The number of urea groups is 1. The molecule has 12 nitrogen and oxygen atoms in total. The zero-order valence-electron chi connectivity index (χ0n) is 19.9. The predicted octanol–water partition coefficient (Wildman–Crippen LogP) is 2.58. The molecule has 192 valence electrons. The standard InChI is InChI=1S/C24H24N6O6S/c1-34-18(31)9-25-22(33)28-23-26-16-8-15-10-35-11-17(20(16)37-23)30(15)24-27-21(29-36-24)14-4-2-3-13(7-14)19(32)12-5-6-12/h2-4,7,12,15,17H,5-6,8-11H2,1H3,(H2,25,26,28,33). The van der Waals surface area contributed by atoms with Crippen LogP contribution in [0.25, 0.3) is 11.4 Å². The Bertz CT molecular complexity index is 1370. The first-order valence-corrected chi connectivity index (χ1v) is 12.8. The molecule has 2 atom stereocenters. The Morgan fingerprint density at radius 1 is 1.22 bits per heavy atom. The van der Waals surface area contributed by atoms with Gasteiger partial charge in [-0.15, -0.1) is 0 Å². The van der Waals surface area contributed by atoms with Crippen LogP contribution in [0.3, 0.4) is 0 Å². The van der Waals surface area contributed by atoms with Gasteiger partial charge in [-0.05, 0) is 18.9 Å². The molecule has 2 N–H and O–H groups in total. The molecule has 1 aliphatic carbocycles.